The summed E-state index contributed by atoms with van der Waals surface area (Å²) in [7, 11) is 1.63. The first-order valence-electron chi connectivity index (χ1n) is 7.40. The van der Waals surface area contributed by atoms with Crippen LogP contribution in [0.15, 0.2) is 27.9 Å². The third-order valence-corrected chi connectivity index (χ3v) is 4.28. The summed E-state index contributed by atoms with van der Waals surface area (Å²) in [6.45, 7) is 3.67. The molecule has 0 aliphatic carbocycles. The number of ether oxygens (including phenoxy) is 1. The van der Waals surface area contributed by atoms with Crippen molar-refractivity contribution < 1.29 is 9.26 Å². The van der Waals surface area contributed by atoms with E-state index in [-0.39, 0.29) is 0 Å². The molecule has 0 radical (unpaired) electrons. The summed E-state index contributed by atoms with van der Waals surface area (Å²) >= 11 is 0. The Morgan fingerprint density at radius 1 is 1.41 bits per heavy atom. The van der Waals surface area contributed by atoms with Crippen molar-refractivity contribution in [3.05, 3.63) is 29.0 Å². The molecule has 0 unspecified atom stereocenters. The van der Waals surface area contributed by atoms with Crippen LogP contribution >= 0.6 is 0 Å². The quantitative estimate of drug-likeness (QED) is 0.779. The van der Waals surface area contributed by atoms with Crippen LogP contribution in [0.1, 0.15) is 12.0 Å². The number of nitrogens with one attached hydrogen (secondary N) is 2. The van der Waals surface area contributed by atoms with E-state index in [2.05, 4.69) is 20.9 Å². The maximum absolute atomic E-state index is 5.83. The van der Waals surface area contributed by atoms with Crippen molar-refractivity contribution in [2.24, 2.45) is 0 Å². The second-order valence-corrected chi connectivity index (χ2v) is 5.64. The van der Waals surface area contributed by atoms with Crippen LogP contribution in [0.25, 0.3) is 11.0 Å². The number of nitrogen functional groups attached to an aromatic ring is 1. The fourth-order valence-corrected chi connectivity index (χ4v) is 3.20. The van der Waals surface area contributed by atoms with Crippen molar-refractivity contribution >= 4 is 16.8 Å². The van der Waals surface area contributed by atoms with Gasteiger partial charge in [-0.1, -0.05) is 5.16 Å². The molecule has 22 heavy (non-hydrogen) atoms. The van der Waals surface area contributed by atoms with Gasteiger partial charge in [0.15, 0.2) is 11.4 Å². The summed E-state index contributed by atoms with van der Waals surface area (Å²) in [6.07, 6.45) is 1.05. The molecule has 1 aromatic carbocycles. The monoisotopic (exact) mass is 301 g/mol. The molecule has 116 valence electrons. The zero-order valence-corrected chi connectivity index (χ0v) is 12.5. The molecule has 0 spiro atoms. The number of nitrogens with two attached hydrogens (primary N) is 1. The Bertz CT molecular complexity index is 752. The minimum atomic E-state index is 0.362. The van der Waals surface area contributed by atoms with Gasteiger partial charge in [0, 0.05) is 31.8 Å². The maximum atomic E-state index is 5.83. The first-order chi connectivity index (χ1) is 10.8. The van der Waals surface area contributed by atoms with Crippen LogP contribution in [0, 0.1) is 0 Å². The second kappa shape index (κ2) is 5.19. The average Bonchev–Trinajstić information content (AvgIpc) is 3.12. The molecule has 3 heterocycles. The van der Waals surface area contributed by atoms with Gasteiger partial charge in [0.25, 0.3) is 0 Å². The van der Waals surface area contributed by atoms with Crippen LogP contribution in [0.4, 0.5) is 5.82 Å². The lowest BCUT2D eigenvalue weighted by molar-refractivity contribution is 0.264. The van der Waals surface area contributed by atoms with Crippen LogP contribution in [0.5, 0.6) is 5.75 Å². The highest BCUT2D eigenvalue weighted by molar-refractivity contribution is 5.93. The van der Waals surface area contributed by atoms with E-state index >= 15 is 0 Å². The van der Waals surface area contributed by atoms with Gasteiger partial charge in [-0.15, -0.1) is 0 Å². The van der Waals surface area contributed by atoms with E-state index < -0.39 is 0 Å². The van der Waals surface area contributed by atoms with Crippen LogP contribution in [0.2, 0.25) is 0 Å². The predicted octanol–water partition coefficient (Wildman–Crippen LogP) is 0.986. The summed E-state index contributed by atoms with van der Waals surface area (Å²) in [5.41, 5.74) is 13.9. The molecule has 0 saturated carbocycles. The Kier molecular flexibility index (Phi) is 3.16. The molecule has 2 aliphatic heterocycles. The van der Waals surface area contributed by atoms with E-state index in [9.17, 15) is 0 Å². The van der Waals surface area contributed by atoms with Gasteiger partial charge in [0.05, 0.1) is 13.7 Å². The number of aromatic nitrogens is 1. The highest BCUT2D eigenvalue weighted by Crippen LogP contribution is 2.33. The van der Waals surface area contributed by atoms with E-state index in [1.807, 2.05) is 12.1 Å². The number of nitrogens with zero attached hydrogens (tertiary/aromatic N) is 2. The summed E-state index contributed by atoms with van der Waals surface area (Å²) < 4.78 is 10.7. The van der Waals surface area contributed by atoms with Gasteiger partial charge in [0.2, 0.25) is 0 Å². The number of fused-ring (bicyclic) bond motifs is 1. The van der Waals surface area contributed by atoms with Crippen molar-refractivity contribution in [1.29, 1.82) is 0 Å². The molecular weight excluding hydrogens is 282 g/mol. The highest BCUT2D eigenvalue weighted by Gasteiger charge is 2.24. The topological polar surface area (TPSA) is 88.6 Å². The Morgan fingerprint density at radius 2 is 2.32 bits per heavy atom. The number of rotatable bonds is 3. The van der Waals surface area contributed by atoms with Gasteiger partial charge in [-0.25, -0.2) is 5.43 Å². The van der Waals surface area contributed by atoms with Crippen LogP contribution < -0.4 is 21.2 Å². The predicted molar refractivity (Wildman–Crippen MR) is 83.0 cm³/mol. The van der Waals surface area contributed by atoms with Gasteiger partial charge in [0.1, 0.15) is 11.1 Å². The van der Waals surface area contributed by atoms with Crippen molar-refractivity contribution in [1.82, 2.24) is 20.9 Å². The number of hydrazine groups is 1. The highest BCUT2D eigenvalue weighted by atomic mass is 16.5. The minimum Gasteiger partial charge on any atom is -0.496 e. The first-order valence-corrected chi connectivity index (χ1v) is 7.40. The van der Waals surface area contributed by atoms with Crippen molar-refractivity contribution in [3.63, 3.8) is 0 Å². The molecule has 7 heteroatoms. The van der Waals surface area contributed by atoms with Gasteiger partial charge in [-0.2, -0.15) is 0 Å². The zero-order chi connectivity index (χ0) is 15.1. The van der Waals surface area contributed by atoms with E-state index in [0.29, 0.717) is 17.2 Å². The number of anilines is 1. The third kappa shape index (κ3) is 2.10. The van der Waals surface area contributed by atoms with Crippen molar-refractivity contribution in [2.45, 2.75) is 13.0 Å². The lowest BCUT2D eigenvalue weighted by atomic mass is 10.1. The molecule has 2 aromatic rings. The molecule has 4 rings (SSSR count). The van der Waals surface area contributed by atoms with Crippen LogP contribution in [0.3, 0.4) is 0 Å². The third-order valence-electron chi connectivity index (χ3n) is 4.28. The minimum absolute atomic E-state index is 0.362. The summed E-state index contributed by atoms with van der Waals surface area (Å²) in [6, 6.07) is 3.97. The lowest BCUT2D eigenvalue weighted by Crippen LogP contribution is -2.32. The average molecular weight is 301 g/mol. The molecule has 0 amide bonds. The Labute approximate surface area is 128 Å². The Balaban J connectivity index is 1.66. The number of hydrogen-bond acceptors (Lipinski definition) is 7. The standard InChI is InChI=1S/C15H19N5O2/c1-21-12-4-9(5-13-14(12)15(16)19-22-13)8-20-11-2-3-17-6-10(11)7-18-20/h4-5,17-18H,2-3,6-8H2,1H3,(H2,16,19). The molecule has 4 N–H and O–H groups in total. The molecule has 0 bridgehead atoms. The Morgan fingerprint density at radius 3 is 3.18 bits per heavy atom. The van der Waals surface area contributed by atoms with Gasteiger partial charge < -0.3 is 25.3 Å². The molecule has 1 aromatic heterocycles. The zero-order valence-electron chi connectivity index (χ0n) is 12.5. The largest absolute Gasteiger partial charge is 0.496 e. The van der Waals surface area contributed by atoms with Gasteiger partial charge >= 0.3 is 0 Å². The maximum Gasteiger partial charge on any atom is 0.178 e. The number of methoxy groups -OCH3 is 1. The van der Waals surface area contributed by atoms with Crippen LogP contribution in [-0.4, -0.2) is 36.9 Å². The molecule has 0 fully saturated rings. The molecular formula is C15H19N5O2. The molecule has 0 saturated heterocycles. The van der Waals surface area contributed by atoms with Crippen molar-refractivity contribution in [3.8, 4) is 5.75 Å². The van der Waals surface area contributed by atoms with E-state index in [1.54, 1.807) is 7.11 Å². The lowest BCUT2D eigenvalue weighted by Gasteiger charge is -2.25. The van der Waals surface area contributed by atoms with Crippen molar-refractivity contribution in [2.75, 3.05) is 32.5 Å². The van der Waals surface area contributed by atoms with Crippen LogP contribution in [-0.2, 0) is 6.54 Å². The second-order valence-electron chi connectivity index (χ2n) is 5.64. The van der Waals surface area contributed by atoms with Gasteiger partial charge in [-0.3, -0.25) is 0 Å². The Hall–Kier alpha value is -2.25. The first kappa shape index (κ1) is 13.4. The summed E-state index contributed by atoms with van der Waals surface area (Å²) in [4.78, 5) is 0. The fraction of sp³-hybridized carbons (Fsp3) is 0.400. The number of hydrogen-bond donors (Lipinski definition) is 3. The van der Waals surface area contributed by atoms with Gasteiger partial charge in [-0.05, 0) is 23.3 Å². The smallest absolute Gasteiger partial charge is 0.178 e. The summed E-state index contributed by atoms with van der Waals surface area (Å²) in [5, 5.41) is 10.2. The fourth-order valence-electron chi connectivity index (χ4n) is 3.20. The van der Waals surface area contributed by atoms with E-state index in [4.69, 9.17) is 15.0 Å². The summed E-state index contributed by atoms with van der Waals surface area (Å²) in [5.74, 6) is 1.06. The molecule has 7 nitrogen and oxygen atoms in total. The van der Waals surface area contributed by atoms with E-state index in [1.165, 1.54) is 11.3 Å². The molecule has 2 aliphatic rings. The molecule has 0 atom stereocenters. The van der Waals surface area contributed by atoms with E-state index in [0.717, 1.165) is 43.5 Å². The number of benzene rings is 1. The normalized spacial score (nSPS) is 18.1. The SMILES string of the molecule is COc1cc(CN2NCC3=C2CCNC3)cc2onc(N)c12.